The number of anilines is 1. The highest BCUT2D eigenvalue weighted by atomic mass is 35.5. The fraction of sp³-hybridized carbons (Fsp3) is 0.368. The van der Waals surface area contributed by atoms with Crippen LogP contribution < -0.4 is 4.72 Å². The lowest BCUT2D eigenvalue weighted by atomic mass is 9.96. The van der Waals surface area contributed by atoms with Crippen LogP contribution in [0.25, 0.3) is 0 Å². The minimum Gasteiger partial charge on any atom is -0.280 e. The van der Waals surface area contributed by atoms with Crippen molar-refractivity contribution in [2.24, 2.45) is 0 Å². The molecule has 6 nitrogen and oxygen atoms in total. The van der Waals surface area contributed by atoms with Gasteiger partial charge in [-0.15, -0.1) is 0 Å². The summed E-state index contributed by atoms with van der Waals surface area (Å²) in [7, 11) is -5.88. The second-order valence-corrected chi connectivity index (χ2v) is 10.9. The SMILES string of the molecule is CN(C1CCCCC1)S(=O)(=O)c1ccc(NS(=O)(=O)c2ccccc2Cl)cc1. The van der Waals surface area contributed by atoms with Crippen LogP contribution in [0, 0.1) is 0 Å². The van der Waals surface area contributed by atoms with E-state index < -0.39 is 20.0 Å². The standard InChI is InChI=1S/C19H23ClN2O4S2/c1-22(16-7-3-2-4-8-16)28(25,26)17-13-11-15(12-14-17)21-27(23,24)19-10-6-5-9-18(19)20/h5-6,9-14,16,21H,2-4,7-8H2,1H3. The van der Waals surface area contributed by atoms with Gasteiger partial charge in [0, 0.05) is 18.8 Å². The number of rotatable bonds is 6. The Kier molecular flexibility index (Phi) is 6.34. The molecule has 0 heterocycles. The summed E-state index contributed by atoms with van der Waals surface area (Å²) in [5.74, 6) is 0. The highest BCUT2D eigenvalue weighted by Gasteiger charge is 2.29. The minimum absolute atomic E-state index is 0.0113. The van der Waals surface area contributed by atoms with Gasteiger partial charge in [0.15, 0.2) is 0 Å². The zero-order valence-corrected chi connectivity index (χ0v) is 17.9. The average Bonchev–Trinajstić information content (AvgIpc) is 2.68. The maximum Gasteiger partial charge on any atom is 0.263 e. The van der Waals surface area contributed by atoms with Gasteiger partial charge in [-0.3, -0.25) is 4.72 Å². The Morgan fingerprint density at radius 3 is 2.14 bits per heavy atom. The molecule has 0 atom stereocenters. The average molecular weight is 443 g/mol. The number of hydrogen-bond donors (Lipinski definition) is 1. The van der Waals surface area contributed by atoms with E-state index in [1.807, 2.05) is 0 Å². The van der Waals surface area contributed by atoms with Gasteiger partial charge in [0.25, 0.3) is 10.0 Å². The van der Waals surface area contributed by atoms with Crippen LogP contribution in [0.5, 0.6) is 0 Å². The predicted octanol–water partition coefficient (Wildman–Crippen LogP) is 4.09. The van der Waals surface area contributed by atoms with Crippen molar-refractivity contribution in [1.82, 2.24) is 4.31 Å². The van der Waals surface area contributed by atoms with Crippen LogP contribution in [0.3, 0.4) is 0 Å². The smallest absolute Gasteiger partial charge is 0.263 e. The van der Waals surface area contributed by atoms with Crippen molar-refractivity contribution in [3.63, 3.8) is 0 Å². The van der Waals surface area contributed by atoms with Crippen molar-refractivity contribution < 1.29 is 16.8 Å². The lowest BCUT2D eigenvalue weighted by molar-refractivity contribution is 0.286. The Morgan fingerprint density at radius 1 is 0.929 bits per heavy atom. The largest absolute Gasteiger partial charge is 0.280 e. The van der Waals surface area contributed by atoms with E-state index in [1.54, 1.807) is 19.2 Å². The quantitative estimate of drug-likeness (QED) is 0.730. The molecule has 0 aliphatic heterocycles. The molecule has 152 valence electrons. The lowest BCUT2D eigenvalue weighted by Crippen LogP contribution is -2.38. The second-order valence-electron chi connectivity index (χ2n) is 6.87. The van der Waals surface area contributed by atoms with Gasteiger partial charge in [0.05, 0.1) is 9.92 Å². The Balaban J connectivity index is 1.78. The van der Waals surface area contributed by atoms with Crippen molar-refractivity contribution >= 4 is 37.3 Å². The summed E-state index contributed by atoms with van der Waals surface area (Å²) >= 11 is 5.96. The first-order chi connectivity index (χ1) is 13.2. The van der Waals surface area contributed by atoms with Gasteiger partial charge in [-0.2, -0.15) is 4.31 Å². The summed E-state index contributed by atoms with van der Waals surface area (Å²) in [6.07, 6.45) is 4.95. The summed E-state index contributed by atoms with van der Waals surface area (Å²) in [6.45, 7) is 0. The molecule has 0 unspecified atom stereocenters. The van der Waals surface area contributed by atoms with Gasteiger partial charge in [-0.1, -0.05) is 43.0 Å². The first-order valence-electron chi connectivity index (χ1n) is 9.07. The molecule has 0 radical (unpaired) electrons. The van der Waals surface area contributed by atoms with Crippen LogP contribution in [-0.4, -0.2) is 34.2 Å². The molecular weight excluding hydrogens is 420 g/mol. The number of hydrogen-bond acceptors (Lipinski definition) is 4. The summed E-state index contributed by atoms with van der Waals surface area (Å²) in [4.78, 5) is 0.103. The van der Waals surface area contributed by atoms with Gasteiger partial charge >= 0.3 is 0 Å². The summed E-state index contributed by atoms with van der Waals surface area (Å²) in [5, 5.41) is 0.114. The van der Waals surface area contributed by atoms with Crippen molar-refractivity contribution in [1.29, 1.82) is 0 Å². The highest BCUT2D eigenvalue weighted by Crippen LogP contribution is 2.28. The van der Waals surface area contributed by atoms with E-state index in [4.69, 9.17) is 11.6 Å². The molecular formula is C19H23ClN2O4S2. The monoisotopic (exact) mass is 442 g/mol. The van der Waals surface area contributed by atoms with Crippen molar-refractivity contribution in [2.75, 3.05) is 11.8 Å². The Morgan fingerprint density at radius 2 is 1.54 bits per heavy atom. The van der Waals surface area contributed by atoms with E-state index in [1.165, 1.54) is 40.7 Å². The summed E-state index contributed by atoms with van der Waals surface area (Å²) < 4.78 is 54.6. The molecule has 1 aliphatic carbocycles. The minimum atomic E-state index is -3.87. The summed E-state index contributed by atoms with van der Waals surface area (Å²) in [5.41, 5.74) is 0.263. The highest BCUT2D eigenvalue weighted by molar-refractivity contribution is 7.92. The first-order valence-corrected chi connectivity index (χ1v) is 12.4. The third-order valence-electron chi connectivity index (χ3n) is 5.00. The topological polar surface area (TPSA) is 83.6 Å². The van der Waals surface area contributed by atoms with E-state index in [2.05, 4.69) is 4.72 Å². The normalized spacial score (nSPS) is 16.2. The predicted molar refractivity (Wildman–Crippen MR) is 111 cm³/mol. The van der Waals surface area contributed by atoms with Crippen molar-refractivity contribution in [2.45, 2.75) is 47.9 Å². The fourth-order valence-electron chi connectivity index (χ4n) is 3.37. The molecule has 1 N–H and O–H groups in total. The molecule has 2 aromatic carbocycles. The molecule has 0 aromatic heterocycles. The number of halogens is 1. The van der Waals surface area contributed by atoms with Crippen LogP contribution in [0.4, 0.5) is 5.69 Å². The van der Waals surface area contributed by atoms with Crippen molar-refractivity contribution in [3.8, 4) is 0 Å². The molecule has 1 saturated carbocycles. The molecule has 2 aromatic rings. The molecule has 0 spiro atoms. The Hall–Kier alpha value is -1.61. The molecule has 3 rings (SSSR count). The molecule has 1 fully saturated rings. The van der Waals surface area contributed by atoms with Gasteiger partial charge < -0.3 is 0 Å². The zero-order chi connectivity index (χ0) is 20.4. The molecule has 0 saturated heterocycles. The van der Waals surface area contributed by atoms with Gasteiger partial charge in [0.1, 0.15) is 4.90 Å². The fourth-order valence-corrected chi connectivity index (χ4v) is 6.37. The number of nitrogens with zero attached hydrogens (tertiary/aromatic N) is 1. The van der Waals surface area contributed by atoms with Gasteiger partial charge in [-0.25, -0.2) is 16.8 Å². The summed E-state index contributed by atoms with van der Waals surface area (Å²) in [6, 6.07) is 11.8. The van der Waals surface area contributed by atoms with Crippen LogP contribution in [-0.2, 0) is 20.0 Å². The Bertz CT molecular complexity index is 1030. The number of benzene rings is 2. The molecule has 9 heteroatoms. The molecule has 1 aliphatic rings. The second kappa shape index (κ2) is 8.41. The number of sulfonamides is 2. The van der Waals surface area contributed by atoms with Crippen LogP contribution in [0.1, 0.15) is 32.1 Å². The number of nitrogens with one attached hydrogen (secondary N) is 1. The van der Waals surface area contributed by atoms with E-state index in [-0.39, 0.29) is 26.5 Å². The third kappa shape index (κ3) is 4.51. The maximum atomic E-state index is 12.9. The van der Waals surface area contributed by atoms with E-state index in [0.717, 1.165) is 32.1 Å². The lowest BCUT2D eigenvalue weighted by Gasteiger charge is -2.30. The molecule has 0 bridgehead atoms. The maximum absolute atomic E-state index is 12.9. The van der Waals surface area contributed by atoms with Crippen molar-refractivity contribution in [3.05, 3.63) is 53.6 Å². The first kappa shape index (κ1) is 21.1. The van der Waals surface area contributed by atoms with Crippen LogP contribution in [0.2, 0.25) is 5.02 Å². The van der Waals surface area contributed by atoms with Crippen LogP contribution >= 0.6 is 11.6 Å². The van der Waals surface area contributed by atoms with E-state index in [9.17, 15) is 16.8 Å². The van der Waals surface area contributed by atoms with Gasteiger partial charge in [0.2, 0.25) is 10.0 Å². The Labute approximate surface area is 171 Å². The molecule has 0 amide bonds. The molecule has 28 heavy (non-hydrogen) atoms. The van der Waals surface area contributed by atoms with Gasteiger partial charge in [-0.05, 0) is 49.2 Å². The van der Waals surface area contributed by atoms with E-state index >= 15 is 0 Å². The van der Waals surface area contributed by atoms with E-state index in [0.29, 0.717) is 0 Å². The van der Waals surface area contributed by atoms with Crippen LogP contribution in [0.15, 0.2) is 58.3 Å². The zero-order valence-electron chi connectivity index (χ0n) is 15.5. The third-order valence-corrected chi connectivity index (χ3v) is 8.80.